The monoisotopic (exact) mass is 317 g/mol. The van der Waals surface area contributed by atoms with Crippen molar-refractivity contribution < 1.29 is 14.6 Å². The van der Waals surface area contributed by atoms with Gasteiger partial charge < -0.3 is 15.0 Å². The van der Waals surface area contributed by atoms with Crippen molar-refractivity contribution in [3.8, 4) is 0 Å². The highest BCUT2D eigenvalue weighted by molar-refractivity contribution is 5.96. The number of quaternary nitrogens is 1. The van der Waals surface area contributed by atoms with Gasteiger partial charge in [-0.2, -0.15) is 0 Å². The van der Waals surface area contributed by atoms with Gasteiger partial charge in [-0.05, 0) is 18.2 Å². The van der Waals surface area contributed by atoms with Crippen molar-refractivity contribution in [2.45, 2.75) is 6.42 Å². The lowest BCUT2D eigenvalue weighted by molar-refractivity contribution is -0.908. The van der Waals surface area contributed by atoms with Crippen LogP contribution < -0.4 is 10.2 Å². The summed E-state index contributed by atoms with van der Waals surface area (Å²) in [6, 6.07) is 6.95. The molecule has 122 valence electrons. The van der Waals surface area contributed by atoms with E-state index in [9.17, 15) is 10.1 Å². The molecule has 1 saturated heterocycles. The average molecular weight is 317 g/mol. The number of benzene rings is 1. The number of nitrogens with one attached hydrogen (secondary N) is 2. The van der Waals surface area contributed by atoms with Crippen molar-refractivity contribution in [1.29, 1.82) is 0 Å². The van der Waals surface area contributed by atoms with Gasteiger partial charge in [0, 0.05) is 36.3 Å². The lowest BCUT2D eigenvalue weighted by Crippen LogP contribution is -3.14. The SMILES string of the molecule is O=[N+]([O-])c1ccc(NCCC[NH+]2CCOCC2)c2cccnc12. The zero-order chi connectivity index (χ0) is 16.1. The molecule has 0 unspecified atom stereocenters. The van der Waals surface area contributed by atoms with E-state index in [0.717, 1.165) is 56.9 Å². The minimum absolute atomic E-state index is 0.0453. The van der Waals surface area contributed by atoms with Crippen LogP contribution in [0.15, 0.2) is 30.5 Å². The summed E-state index contributed by atoms with van der Waals surface area (Å²) in [4.78, 5) is 16.4. The third-order valence-electron chi connectivity index (χ3n) is 4.17. The van der Waals surface area contributed by atoms with Gasteiger partial charge in [-0.25, -0.2) is 4.98 Å². The molecular weight excluding hydrogens is 296 g/mol. The number of ether oxygens (including phenoxy) is 1. The lowest BCUT2D eigenvalue weighted by Gasteiger charge is -2.23. The molecule has 1 aliphatic heterocycles. The van der Waals surface area contributed by atoms with Crippen molar-refractivity contribution in [2.75, 3.05) is 44.7 Å². The van der Waals surface area contributed by atoms with Crippen molar-refractivity contribution in [3.05, 3.63) is 40.6 Å². The van der Waals surface area contributed by atoms with Crippen LogP contribution >= 0.6 is 0 Å². The van der Waals surface area contributed by atoms with Gasteiger partial charge in [0.15, 0.2) is 0 Å². The first kappa shape index (κ1) is 15.6. The van der Waals surface area contributed by atoms with Crippen molar-refractivity contribution in [3.63, 3.8) is 0 Å². The number of hydrogen-bond acceptors (Lipinski definition) is 5. The maximum absolute atomic E-state index is 11.1. The van der Waals surface area contributed by atoms with Crippen molar-refractivity contribution in [1.82, 2.24) is 4.98 Å². The summed E-state index contributed by atoms with van der Waals surface area (Å²) in [5.41, 5.74) is 1.38. The van der Waals surface area contributed by atoms with Gasteiger partial charge in [-0.15, -0.1) is 0 Å². The fraction of sp³-hybridized carbons (Fsp3) is 0.438. The zero-order valence-electron chi connectivity index (χ0n) is 13.0. The highest BCUT2D eigenvalue weighted by atomic mass is 16.6. The van der Waals surface area contributed by atoms with Gasteiger partial charge in [0.05, 0.1) is 24.7 Å². The van der Waals surface area contributed by atoms with Crippen LogP contribution in [0.25, 0.3) is 10.9 Å². The van der Waals surface area contributed by atoms with Crippen molar-refractivity contribution >= 4 is 22.3 Å². The van der Waals surface area contributed by atoms with Gasteiger partial charge in [-0.1, -0.05) is 0 Å². The Morgan fingerprint density at radius 1 is 1.30 bits per heavy atom. The third-order valence-corrected chi connectivity index (χ3v) is 4.17. The Balaban J connectivity index is 1.64. The number of nitrogens with zero attached hydrogens (tertiary/aromatic N) is 2. The molecule has 1 aromatic heterocycles. The fourth-order valence-electron chi connectivity index (χ4n) is 2.93. The normalized spacial score (nSPS) is 15.7. The number of pyridine rings is 1. The Bertz CT molecular complexity index is 686. The number of rotatable bonds is 6. The Morgan fingerprint density at radius 3 is 2.91 bits per heavy atom. The summed E-state index contributed by atoms with van der Waals surface area (Å²) in [5, 5.41) is 15.3. The van der Waals surface area contributed by atoms with E-state index in [1.54, 1.807) is 23.2 Å². The number of fused-ring (bicyclic) bond motifs is 1. The van der Waals surface area contributed by atoms with E-state index in [1.165, 1.54) is 6.07 Å². The van der Waals surface area contributed by atoms with E-state index in [0.29, 0.717) is 5.52 Å². The molecule has 23 heavy (non-hydrogen) atoms. The van der Waals surface area contributed by atoms with E-state index < -0.39 is 0 Å². The van der Waals surface area contributed by atoms with Gasteiger partial charge in [-0.3, -0.25) is 10.1 Å². The molecule has 0 bridgehead atoms. The zero-order valence-corrected chi connectivity index (χ0v) is 13.0. The number of aromatic nitrogens is 1. The number of anilines is 1. The second-order valence-electron chi connectivity index (χ2n) is 5.68. The quantitative estimate of drug-likeness (QED) is 0.469. The third kappa shape index (κ3) is 3.75. The maximum atomic E-state index is 11.1. The second kappa shape index (κ2) is 7.34. The number of hydrogen-bond donors (Lipinski definition) is 2. The molecule has 1 aliphatic rings. The van der Waals surface area contributed by atoms with E-state index >= 15 is 0 Å². The summed E-state index contributed by atoms with van der Waals surface area (Å²) < 4.78 is 5.36. The molecule has 0 atom stereocenters. The fourth-order valence-corrected chi connectivity index (χ4v) is 2.93. The minimum Gasteiger partial charge on any atom is -0.384 e. The van der Waals surface area contributed by atoms with E-state index in [1.807, 2.05) is 6.07 Å². The van der Waals surface area contributed by atoms with Gasteiger partial charge >= 0.3 is 0 Å². The molecular formula is C16H21N4O3+. The molecule has 0 radical (unpaired) electrons. The molecule has 7 heteroatoms. The highest BCUT2D eigenvalue weighted by Gasteiger charge is 2.16. The molecule has 3 rings (SSSR count). The van der Waals surface area contributed by atoms with Crippen LogP contribution in [0.1, 0.15) is 6.42 Å². The maximum Gasteiger partial charge on any atom is 0.295 e. The average Bonchev–Trinajstić information content (AvgIpc) is 2.59. The topological polar surface area (TPSA) is 81.7 Å². The summed E-state index contributed by atoms with van der Waals surface area (Å²) in [6.45, 7) is 5.79. The standard InChI is InChI=1S/C16H20N4O3/c21-20(22)15-5-4-14(13-3-1-6-18-16(13)15)17-7-2-8-19-9-11-23-12-10-19/h1,3-6,17H,2,7-12H2/p+1. The van der Waals surface area contributed by atoms with Gasteiger partial charge in [0.1, 0.15) is 18.6 Å². The summed E-state index contributed by atoms with van der Waals surface area (Å²) >= 11 is 0. The summed E-state index contributed by atoms with van der Waals surface area (Å²) in [7, 11) is 0. The van der Waals surface area contributed by atoms with Crippen molar-refractivity contribution in [2.24, 2.45) is 0 Å². The van der Waals surface area contributed by atoms with Crippen LogP contribution in [-0.2, 0) is 4.74 Å². The van der Waals surface area contributed by atoms with Crippen LogP contribution in [0, 0.1) is 10.1 Å². The Morgan fingerprint density at radius 2 is 2.13 bits per heavy atom. The van der Waals surface area contributed by atoms with Crippen LogP contribution in [0.3, 0.4) is 0 Å². The molecule has 1 fully saturated rings. The number of nitro benzene ring substituents is 1. The van der Waals surface area contributed by atoms with Gasteiger partial charge in [0.2, 0.25) is 0 Å². The summed E-state index contributed by atoms with van der Waals surface area (Å²) in [6.07, 6.45) is 2.63. The first-order valence-electron chi connectivity index (χ1n) is 7.93. The molecule has 0 spiro atoms. The minimum atomic E-state index is -0.388. The first-order chi connectivity index (χ1) is 11.3. The first-order valence-corrected chi connectivity index (χ1v) is 7.93. The molecule has 2 heterocycles. The predicted octanol–water partition coefficient (Wildman–Crippen LogP) is 0.860. The Labute approximate surface area is 134 Å². The molecule has 7 nitrogen and oxygen atoms in total. The Hall–Kier alpha value is -2.25. The van der Waals surface area contributed by atoms with E-state index in [2.05, 4.69) is 10.3 Å². The molecule has 0 amide bonds. The molecule has 0 saturated carbocycles. The summed E-state index contributed by atoms with van der Waals surface area (Å²) in [5.74, 6) is 0. The number of non-ortho nitro benzene ring substituents is 1. The number of morpholine rings is 1. The second-order valence-corrected chi connectivity index (χ2v) is 5.68. The largest absolute Gasteiger partial charge is 0.384 e. The number of nitro groups is 1. The predicted molar refractivity (Wildman–Crippen MR) is 87.9 cm³/mol. The van der Waals surface area contributed by atoms with E-state index in [4.69, 9.17) is 4.74 Å². The van der Waals surface area contributed by atoms with Crippen LogP contribution in [0.5, 0.6) is 0 Å². The van der Waals surface area contributed by atoms with Crippen LogP contribution in [-0.4, -0.2) is 49.3 Å². The molecule has 2 aromatic rings. The Kier molecular flexibility index (Phi) is 4.99. The molecule has 0 aliphatic carbocycles. The van der Waals surface area contributed by atoms with Crippen LogP contribution in [0.4, 0.5) is 11.4 Å². The molecule has 2 N–H and O–H groups in total. The van der Waals surface area contributed by atoms with E-state index in [-0.39, 0.29) is 10.6 Å². The highest BCUT2D eigenvalue weighted by Crippen LogP contribution is 2.29. The lowest BCUT2D eigenvalue weighted by atomic mass is 10.1. The van der Waals surface area contributed by atoms with Gasteiger partial charge in [0.25, 0.3) is 5.69 Å². The smallest absolute Gasteiger partial charge is 0.295 e. The molecule has 1 aromatic carbocycles. The van der Waals surface area contributed by atoms with Crippen LogP contribution in [0.2, 0.25) is 0 Å².